The number of aromatic amines is 2. The van der Waals surface area contributed by atoms with Crippen LogP contribution in [0, 0.1) is 12.7 Å². The highest BCUT2D eigenvalue weighted by molar-refractivity contribution is 5.57. The summed E-state index contributed by atoms with van der Waals surface area (Å²) in [6, 6.07) is 5.40. The predicted octanol–water partition coefficient (Wildman–Crippen LogP) is 0.517. The van der Waals surface area contributed by atoms with Gasteiger partial charge < -0.3 is 15.4 Å². The Labute approximate surface area is 174 Å². The third-order valence-corrected chi connectivity index (χ3v) is 4.97. The Kier molecular flexibility index (Phi) is 4.50. The zero-order chi connectivity index (χ0) is 21.5. The molecule has 0 aliphatic heterocycles. The second-order valence-corrected chi connectivity index (χ2v) is 7.43. The second-order valence-electron chi connectivity index (χ2n) is 7.43. The zero-order valence-corrected chi connectivity index (χ0v) is 16.6. The maximum absolute atomic E-state index is 14.3. The maximum Gasteiger partial charge on any atom is 0.326 e. The number of rotatable bonds is 5. The van der Waals surface area contributed by atoms with E-state index in [2.05, 4.69) is 35.3 Å². The van der Waals surface area contributed by atoms with Crippen LogP contribution in [0.4, 0.5) is 10.3 Å². The number of halogens is 1. The molecular formula is C20H19FN8O2. The Morgan fingerprint density at radius 2 is 2.19 bits per heavy atom. The van der Waals surface area contributed by atoms with Gasteiger partial charge in [-0.15, -0.1) is 0 Å². The number of aryl methyl sites for hydroxylation is 1. The van der Waals surface area contributed by atoms with Crippen molar-refractivity contribution in [3.63, 3.8) is 0 Å². The molecule has 0 unspecified atom stereocenters. The van der Waals surface area contributed by atoms with Crippen LogP contribution in [0.3, 0.4) is 0 Å². The van der Waals surface area contributed by atoms with E-state index in [1.165, 1.54) is 4.52 Å². The molecule has 1 aliphatic rings. The molecule has 1 aromatic carbocycles. The number of imidazole rings is 1. The van der Waals surface area contributed by atoms with Crippen molar-refractivity contribution in [3.8, 4) is 5.88 Å². The van der Waals surface area contributed by atoms with Gasteiger partial charge in [0.05, 0.1) is 12.2 Å². The lowest BCUT2D eigenvalue weighted by atomic mass is 10.1. The summed E-state index contributed by atoms with van der Waals surface area (Å²) in [6.45, 7) is 1.91. The molecule has 0 spiro atoms. The van der Waals surface area contributed by atoms with Crippen LogP contribution in [0.25, 0.3) is 11.7 Å². The lowest BCUT2D eigenvalue weighted by Crippen LogP contribution is -2.25. The molecule has 0 radical (unpaired) electrons. The fraction of sp³-hybridized carbons (Fsp3) is 0.250. The Balaban J connectivity index is 1.59. The monoisotopic (exact) mass is 422 g/mol. The predicted molar refractivity (Wildman–Crippen MR) is 110 cm³/mol. The summed E-state index contributed by atoms with van der Waals surface area (Å²) in [4.78, 5) is 29.7. The number of hydrogen-bond donors (Lipinski definition) is 4. The van der Waals surface area contributed by atoms with E-state index in [1.54, 1.807) is 37.4 Å². The molecule has 3 aromatic heterocycles. The Hall–Kier alpha value is -4.02. The molecule has 0 atom stereocenters. The van der Waals surface area contributed by atoms with E-state index in [1.807, 2.05) is 0 Å². The van der Waals surface area contributed by atoms with Crippen molar-refractivity contribution in [2.45, 2.75) is 32.4 Å². The molecule has 3 heterocycles. The van der Waals surface area contributed by atoms with Gasteiger partial charge >= 0.3 is 5.69 Å². The fourth-order valence-electron chi connectivity index (χ4n) is 3.18. The summed E-state index contributed by atoms with van der Waals surface area (Å²) in [7, 11) is 0. The number of H-pyrrole nitrogens is 2. The minimum absolute atomic E-state index is 0.196. The van der Waals surface area contributed by atoms with Crippen molar-refractivity contribution < 1.29 is 9.50 Å². The maximum atomic E-state index is 14.3. The first kappa shape index (κ1) is 19.0. The van der Waals surface area contributed by atoms with Crippen molar-refractivity contribution in [2.75, 3.05) is 5.32 Å². The van der Waals surface area contributed by atoms with Crippen LogP contribution >= 0.6 is 0 Å². The number of nitrogens with zero attached hydrogens (tertiary/aromatic N) is 5. The highest BCUT2D eigenvalue weighted by Crippen LogP contribution is 2.22. The molecule has 158 valence electrons. The zero-order valence-electron chi connectivity index (χ0n) is 16.6. The van der Waals surface area contributed by atoms with E-state index < -0.39 is 5.69 Å². The number of hydrogen-bond acceptors (Lipinski definition) is 7. The molecule has 5 rings (SSSR count). The van der Waals surface area contributed by atoms with Crippen molar-refractivity contribution >= 4 is 17.7 Å². The number of nitrogens with one attached hydrogen (secondary N) is 3. The van der Waals surface area contributed by atoms with Gasteiger partial charge in [0.2, 0.25) is 11.8 Å². The lowest BCUT2D eigenvalue weighted by molar-refractivity contribution is 0.454. The Bertz CT molecular complexity index is 1460. The van der Waals surface area contributed by atoms with Crippen LogP contribution in [-0.4, -0.2) is 40.7 Å². The molecule has 10 nitrogen and oxygen atoms in total. The van der Waals surface area contributed by atoms with Gasteiger partial charge in [-0.05, 0) is 31.4 Å². The van der Waals surface area contributed by atoms with Crippen LogP contribution in [0.15, 0.2) is 34.2 Å². The van der Waals surface area contributed by atoms with Crippen molar-refractivity contribution in [2.24, 2.45) is 4.99 Å². The van der Waals surface area contributed by atoms with Gasteiger partial charge in [0, 0.05) is 17.3 Å². The quantitative estimate of drug-likeness (QED) is 0.370. The number of benzene rings is 1. The Morgan fingerprint density at radius 3 is 2.94 bits per heavy atom. The van der Waals surface area contributed by atoms with Crippen LogP contribution < -0.4 is 21.8 Å². The second kappa shape index (κ2) is 7.35. The summed E-state index contributed by atoms with van der Waals surface area (Å²) in [5, 5.41) is 17.8. The van der Waals surface area contributed by atoms with E-state index >= 15 is 0 Å². The molecule has 0 bridgehead atoms. The third kappa shape index (κ3) is 3.77. The Morgan fingerprint density at radius 1 is 1.35 bits per heavy atom. The van der Waals surface area contributed by atoms with Gasteiger partial charge in [0.15, 0.2) is 5.65 Å². The van der Waals surface area contributed by atoms with Crippen molar-refractivity contribution in [1.82, 2.24) is 29.5 Å². The molecule has 1 fully saturated rings. The van der Waals surface area contributed by atoms with Gasteiger partial charge in [-0.3, -0.25) is 4.98 Å². The van der Waals surface area contributed by atoms with Crippen LogP contribution in [0.2, 0.25) is 0 Å². The summed E-state index contributed by atoms with van der Waals surface area (Å²) in [5.41, 5.74) is 1.55. The lowest BCUT2D eigenvalue weighted by Gasteiger charge is -2.08. The van der Waals surface area contributed by atoms with Crippen LogP contribution in [0.1, 0.15) is 29.7 Å². The molecule has 4 aromatic rings. The first-order chi connectivity index (χ1) is 15.0. The minimum atomic E-state index is -0.526. The van der Waals surface area contributed by atoms with Gasteiger partial charge in [-0.1, -0.05) is 18.2 Å². The standard InChI is InChI=1S/C20H19FN8O2/c1-10-3-2-4-11(15(10)21)8-22-18-26-16-12(7-14-17(30)27-20(31)25-14)9-23-29(16)19(28-18)24-13-5-6-13/h2-4,7,9,13,30H,5-6,8H2,1H3,(H,22,24,28)(H2,25,27,31). The van der Waals surface area contributed by atoms with Crippen LogP contribution in [0.5, 0.6) is 5.88 Å². The SMILES string of the molecule is Cc1cccc(CNc2nc(=NC3CC3)n3ncc(=Cc4[nH]c(=O)[nH]c4O)c3n2)c1F. The molecule has 0 saturated heterocycles. The molecule has 31 heavy (non-hydrogen) atoms. The summed E-state index contributed by atoms with van der Waals surface area (Å²) >= 11 is 0. The first-order valence-electron chi connectivity index (χ1n) is 9.78. The van der Waals surface area contributed by atoms with E-state index in [0.29, 0.717) is 27.6 Å². The van der Waals surface area contributed by atoms with Gasteiger partial charge in [0.25, 0.3) is 5.62 Å². The smallest absolute Gasteiger partial charge is 0.326 e. The summed E-state index contributed by atoms with van der Waals surface area (Å²) in [6.07, 6.45) is 5.07. The van der Waals surface area contributed by atoms with Gasteiger partial charge in [-0.2, -0.15) is 19.6 Å². The van der Waals surface area contributed by atoms with Crippen molar-refractivity contribution in [3.05, 3.63) is 68.4 Å². The summed E-state index contributed by atoms with van der Waals surface area (Å²) in [5.74, 6) is -0.284. The number of anilines is 1. The third-order valence-electron chi connectivity index (χ3n) is 4.97. The molecule has 4 N–H and O–H groups in total. The first-order valence-corrected chi connectivity index (χ1v) is 9.78. The largest absolute Gasteiger partial charge is 0.493 e. The summed E-state index contributed by atoms with van der Waals surface area (Å²) < 4.78 is 15.8. The van der Waals surface area contributed by atoms with E-state index in [9.17, 15) is 14.3 Å². The van der Waals surface area contributed by atoms with E-state index in [4.69, 9.17) is 0 Å². The van der Waals surface area contributed by atoms with E-state index in [-0.39, 0.29) is 35.9 Å². The number of aromatic nitrogens is 6. The average molecular weight is 422 g/mol. The molecule has 1 saturated carbocycles. The highest BCUT2D eigenvalue weighted by Gasteiger charge is 2.21. The average Bonchev–Trinajstić information content (AvgIpc) is 3.37. The molecular weight excluding hydrogens is 403 g/mol. The molecule has 0 amide bonds. The molecule has 1 aliphatic carbocycles. The fourth-order valence-corrected chi connectivity index (χ4v) is 3.18. The van der Waals surface area contributed by atoms with Gasteiger partial charge in [0.1, 0.15) is 11.5 Å². The van der Waals surface area contributed by atoms with Gasteiger partial charge in [-0.25, -0.2) is 14.2 Å². The van der Waals surface area contributed by atoms with E-state index in [0.717, 1.165) is 12.8 Å². The van der Waals surface area contributed by atoms with Crippen LogP contribution in [-0.2, 0) is 6.54 Å². The topological polar surface area (TPSA) is 136 Å². The highest BCUT2D eigenvalue weighted by atomic mass is 19.1. The number of aromatic hydroxyl groups is 1. The molecule has 11 heteroatoms. The minimum Gasteiger partial charge on any atom is -0.493 e. The van der Waals surface area contributed by atoms with Crippen molar-refractivity contribution in [1.29, 1.82) is 0 Å². The number of fused-ring (bicyclic) bond motifs is 1. The normalized spacial score (nSPS) is 15.2.